The zero-order chi connectivity index (χ0) is 20.5. The average molecular weight is 415 g/mol. The zero-order valence-corrected chi connectivity index (χ0v) is 16.6. The summed E-state index contributed by atoms with van der Waals surface area (Å²) < 4.78 is 24.5. The van der Waals surface area contributed by atoms with Crippen LogP contribution in [-0.4, -0.2) is 37.6 Å². The topological polar surface area (TPSA) is 80.8 Å². The van der Waals surface area contributed by atoms with Crippen LogP contribution in [0.4, 0.5) is 15.2 Å². The third kappa shape index (κ3) is 3.73. The SMILES string of the molecule is COc1ccc(N2C[C@H](C(=O)Nc3nc4ccc(F)cc4s3)CC2=O)c(OC)c1. The monoisotopic (exact) mass is 415 g/mol. The van der Waals surface area contributed by atoms with Crippen LogP contribution in [0.5, 0.6) is 11.5 Å². The van der Waals surface area contributed by atoms with Crippen LogP contribution >= 0.6 is 11.3 Å². The molecule has 1 aliphatic heterocycles. The van der Waals surface area contributed by atoms with Crippen LogP contribution in [0, 0.1) is 11.7 Å². The fraction of sp³-hybridized carbons (Fsp3) is 0.250. The maximum absolute atomic E-state index is 13.3. The maximum atomic E-state index is 13.3. The molecular formula is C20H18FN3O4S. The predicted octanol–water partition coefficient (Wildman–Crippen LogP) is 3.44. The number of benzene rings is 2. The Morgan fingerprint density at radius 1 is 1.24 bits per heavy atom. The highest BCUT2D eigenvalue weighted by Gasteiger charge is 2.36. The Labute approximate surface area is 170 Å². The zero-order valence-electron chi connectivity index (χ0n) is 15.8. The van der Waals surface area contributed by atoms with Crippen LogP contribution in [0.1, 0.15) is 6.42 Å². The molecule has 1 saturated heterocycles. The van der Waals surface area contributed by atoms with Crippen LogP contribution in [0.25, 0.3) is 10.2 Å². The summed E-state index contributed by atoms with van der Waals surface area (Å²) >= 11 is 1.19. The Morgan fingerprint density at radius 2 is 2.07 bits per heavy atom. The molecule has 0 radical (unpaired) electrons. The maximum Gasteiger partial charge on any atom is 0.231 e. The van der Waals surface area contributed by atoms with E-state index in [0.29, 0.717) is 32.5 Å². The summed E-state index contributed by atoms with van der Waals surface area (Å²) in [5.41, 5.74) is 1.20. The Kier molecular flexibility index (Phi) is 5.06. The van der Waals surface area contributed by atoms with Crippen LogP contribution < -0.4 is 19.7 Å². The molecule has 3 aromatic rings. The van der Waals surface area contributed by atoms with Gasteiger partial charge in [-0.3, -0.25) is 9.59 Å². The third-order valence-electron chi connectivity index (χ3n) is 4.75. The van der Waals surface area contributed by atoms with Gasteiger partial charge in [-0.25, -0.2) is 9.37 Å². The quantitative estimate of drug-likeness (QED) is 0.690. The lowest BCUT2D eigenvalue weighted by atomic mass is 10.1. The smallest absolute Gasteiger partial charge is 0.231 e. The molecule has 9 heteroatoms. The molecule has 0 bridgehead atoms. The fourth-order valence-electron chi connectivity index (χ4n) is 3.28. The first-order valence-corrected chi connectivity index (χ1v) is 9.69. The van der Waals surface area contributed by atoms with E-state index in [4.69, 9.17) is 9.47 Å². The number of fused-ring (bicyclic) bond motifs is 1. The molecular weight excluding hydrogens is 397 g/mol. The van der Waals surface area contributed by atoms with Crippen molar-refractivity contribution in [3.63, 3.8) is 0 Å². The number of aromatic nitrogens is 1. The lowest BCUT2D eigenvalue weighted by Gasteiger charge is -2.20. The Morgan fingerprint density at radius 3 is 2.83 bits per heavy atom. The van der Waals surface area contributed by atoms with Crippen molar-refractivity contribution in [2.75, 3.05) is 31.0 Å². The number of carbonyl (C=O) groups excluding carboxylic acids is 2. The Hall–Kier alpha value is -3.20. The summed E-state index contributed by atoms with van der Waals surface area (Å²) in [6.45, 7) is 0.229. The molecule has 2 aromatic carbocycles. The van der Waals surface area contributed by atoms with Gasteiger partial charge in [0.2, 0.25) is 11.8 Å². The normalized spacial score (nSPS) is 16.3. The number of carbonyl (C=O) groups is 2. The molecule has 2 amide bonds. The largest absolute Gasteiger partial charge is 0.497 e. The van der Waals surface area contributed by atoms with Crippen molar-refractivity contribution in [2.45, 2.75) is 6.42 Å². The van der Waals surface area contributed by atoms with Crippen molar-refractivity contribution in [3.8, 4) is 11.5 Å². The lowest BCUT2D eigenvalue weighted by Crippen LogP contribution is -2.28. The van der Waals surface area contributed by atoms with Gasteiger partial charge in [-0.15, -0.1) is 0 Å². The average Bonchev–Trinajstić information content (AvgIpc) is 3.29. The Bertz CT molecular complexity index is 1100. The van der Waals surface area contributed by atoms with Gasteiger partial charge in [0.15, 0.2) is 5.13 Å². The number of amides is 2. The molecule has 1 fully saturated rings. The first kappa shape index (κ1) is 19.1. The second-order valence-corrected chi connectivity index (χ2v) is 7.59. The molecule has 150 valence electrons. The number of anilines is 2. The van der Waals surface area contributed by atoms with Crippen molar-refractivity contribution in [1.82, 2.24) is 4.98 Å². The van der Waals surface area contributed by atoms with E-state index in [9.17, 15) is 14.0 Å². The van der Waals surface area contributed by atoms with E-state index in [1.165, 1.54) is 35.5 Å². The highest BCUT2D eigenvalue weighted by molar-refractivity contribution is 7.22. The first-order valence-electron chi connectivity index (χ1n) is 8.88. The number of thiazole rings is 1. The number of nitrogens with zero attached hydrogens (tertiary/aromatic N) is 2. The van der Waals surface area contributed by atoms with Gasteiger partial charge in [-0.05, 0) is 30.3 Å². The number of nitrogens with one attached hydrogen (secondary N) is 1. The van der Waals surface area contributed by atoms with Crippen molar-refractivity contribution in [2.24, 2.45) is 5.92 Å². The molecule has 0 spiro atoms. The molecule has 7 nitrogen and oxygen atoms in total. The van der Waals surface area contributed by atoms with Gasteiger partial charge in [0.1, 0.15) is 17.3 Å². The number of halogens is 1. The minimum absolute atomic E-state index is 0.0839. The molecule has 2 heterocycles. The van der Waals surface area contributed by atoms with Gasteiger partial charge in [0.05, 0.1) is 36.0 Å². The molecule has 1 N–H and O–H groups in total. The number of methoxy groups -OCH3 is 2. The molecule has 1 aromatic heterocycles. The van der Waals surface area contributed by atoms with Crippen LogP contribution in [0.3, 0.4) is 0 Å². The second kappa shape index (κ2) is 7.67. The minimum atomic E-state index is -0.530. The molecule has 4 rings (SSSR count). The minimum Gasteiger partial charge on any atom is -0.497 e. The summed E-state index contributed by atoms with van der Waals surface area (Å²) in [4.78, 5) is 31.1. The fourth-order valence-corrected chi connectivity index (χ4v) is 4.18. The summed E-state index contributed by atoms with van der Waals surface area (Å²) in [6, 6.07) is 9.42. The van der Waals surface area contributed by atoms with E-state index in [1.807, 2.05) is 0 Å². The Balaban J connectivity index is 1.50. The summed E-state index contributed by atoms with van der Waals surface area (Å²) in [6.07, 6.45) is 0.0839. The van der Waals surface area contributed by atoms with Crippen molar-refractivity contribution < 1.29 is 23.5 Å². The van der Waals surface area contributed by atoms with Gasteiger partial charge >= 0.3 is 0 Å². The highest BCUT2D eigenvalue weighted by atomic mass is 32.1. The summed E-state index contributed by atoms with van der Waals surface area (Å²) in [5.74, 6) is -0.249. The number of hydrogen-bond donors (Lipinski definition) is 1. The van der Waals surface area contributed by atoms with Crippen LogP contribution in [0.2, 0.25) is 0 Å². The molecule has 29 heavy (non-hydrogen) atoms. The van der Waals surface area contributed by atoms with E-state index < -0.39 is 5.92 Å². The number of ether oxygens (including phenoxy) is 2. The molecule has 1 atom stereocenters. The van der Waals surface area contributed by atoms with E-state index in [-0.39, 0.29) is 30.6 Å². The van der Waals surface area contributed by atoms with E-state index in [1.54, 1.807) is 31.4 Å². The van der Waals surface area contributed by atoms with Crippen molar-refractivity contribution in [3.05, 3.63) is 42.2 Å². The molecule has 0 aliphatic carbocycles. The lowest BCUT2D eigenvalue weighted by molar-refractivity contribution is -0.122. The molecule has 0 unspecified atom stereocenters. The summed E-state index contributed by atoms with van der Waals surface area (Å²) in [7, 11) is 3.06. The predicted molar refractivity (Wildman–Crippen MR) is 108 cm³/mol. The number of rotatable bonds is 5. The highest BCUT2D eigenvalue weighted by Crippen LogP contribution is 2.36. The molecule has 0 saturated carbocycles. The summed E-state index contributed by atoms with van der Waals surface area (Å²) in [5, 5.41) is 3.13. The van der Waals surface area contributed by atoms with Crippen molar-refractivity contribution in [1.29, 1.82) is 0 Å². The van der Waals surface area contributed by atoms with E-state index in [2.05, 4.69) is 10.3 Å². The van der Waals surface area contributed by atoms with Gasteiger partial charge in [-0.1, -0.05) is 11.3 Å². The van der Waals surface area contributed by atoms with Crippen LogP contribution in [0.15, 0.2) is 36.4 Å². The molecule has 1 aliphatic rings. The van der Waals surface area contributed by atoms with E-state index in [0.717, 1.165) is 0 Å². The standard InChI is InChI=1S/C20H18FN3O4S/c1-27-13-4-6-15(16(9-13)28-2)24-10-11(7-18(24)25)19(26)23-20-22-14-5-3-12(21)8-17(14)29-20/h3-6,8-9,11H,7,10H2,1-2H3,(H,22,23,26)/t11-/m1/s1. The van der Waals surface area contributed by atoms with Gasteiger partial charge in [0, 0.05) is 19.0 Å². The van der Waals surface area contributed by atoms with Crippen molar-refractivity contribution >= 4 is 44.2 Å². The third-order valence-corrected chi connectivity index (χ3v) is 5.69. The van der Waals surface area contributed by atoms with E-state index >= 15 is 0 Å². The van der Waals surface area contributed by atoms with Crippen LogP contribution in [-0.2, 0) is 9.59 Å². The van der Waals surface area contributed by atoms with Gasteiger partial charge < -0.3 is 19.7 Å². The van der Waals surface area contributed by atoms with Gasteiger partial charge in [-0.2, -0.15) is 0 Å². The van der Waals surface area contributed by atoms with Gasteiger partial charge in [0.25, 0.3) is 0 Å². The second-order valence-electron chi connectivity index (χ2n) is 6.56. The number of hydrogen-bond acceptors (Lipinski definition) is 6. The first-order chi connectivity index (χ1) is 14.0.